The average molecular weight is 298 g/mol. The number of aromatic nitrogens is 3. The smallest absolute Gasteiger partial charge is 0.222 e. The van der Waals surface area contributed by atoms with Crippen molar-refractivity contribution in [2.75, 3.05) is 13.1 Å². The Morgan fingerprint density at radius 1 is 1.32 bits per heavy atom. The second kappa shape index (κ2) is 6.73. The summed E-state index contributed by atoms with van der Waals surface area (Å²) in [5.41, 5.74) is 1.17. The minimum atomic E-state index is 0.249. The Morgan fingerprint density at radius 2 is 2.14 bits per heavy atom. The largest absolute Gasteiger partial charge is 0.341 e. The third-order valence-electron chi connectivity index (χ3n) is 4.38. The third-order valence-corrected chi connectivity index (χ3v) is 4.38. The highest BCUT2D eigenvalue weighted by molar-refractivity contribution is 5.76. The molecule has 0 aromatic carbocycles. The summed E-state index contributed by atoms with van der Waals surface area (Å²) in [5, 5.41) is 0. The number of hydrogen-bond donors (Lipinski definition) is 0. The Kier molecular flexibility index (Phi) is 4.51. The van der Waals surface area contributed by atoms with Crippen molar-refractivity contribution in [1.29, 1.82) is 0 Å². The van der Waals surface area contributed by atoms with Gasteiger partial charge in [-0.2, -0.15) is 0 Å². The molecule has 0 aliphatic carbocycles. The Morgan fingerprint density at radius 3 is 2.86 bits per heavy atom. The van der Waals surface area contributed by atoms with Crippen LogP contribution in [0.25, 0.3) is 0 Å². The molecule has 5 nitrogen and oxygen atoms in total. The fourth-order valence-corrected chi connectivity index (χ4v) is 3.14. The molecule has 5 heteroatoms. The summed E-state index contributed by atoms with van der Waals surface area (Å²) >= 11 is 0. The molecule has 1 amide bonds. The Hall–Kier alpha value is -2.17. The highest BCUT2D eigenvalue weighted by Gasteiger charge is 2.24. The number of likely N-dealkylation sites (tertiary alicyclic amines) is 1. The Bertz CT molecular complexity index is 623. The van der Waals surface area contributed by atoms with Crippen LogP contribution in [0.5, 0.6) is 0 Å². The molecule has 22 heavy (non-hydrogen) atoms. The molecule has 1 fully saturated rings. The van der Waals surface area contributed by atoms with Gasteiger partial charge in [-0.15, -0.1) is 0 Å². The molecule has 1 saturated heterocycles. The van der Waals surface area contributed by atoms with Crippen molar-refractivity contribution in [3.05, 3.63) is 48.3 Å². The minimum Gasteiger partial charge on any atom is -0.341 e. The number of aryl methyl sites for hydroxylation is 2. The molecule has 1 unspecified atom stereocenters. The van der Waals surface area contributed by atoms with E-state index in [1.54, 1.807) is 12.4 Å². The van der Waals surface area contributed by atoms with Gasteiger partial charge in [-0.25, -0.2) is 4.98 Å². The second-order valence-corrected chi connectivity index (χ2v) is 5.87. The van der Waals surface area contributed by atoms with Crippen LogP contribution in [0.3, 0.4) is 0 Å². The van der Waals surface area contributed by atoms with Crippen LogP contribution in [0.1, 0.15) is 36.7 Å². The van der Waals surface area contributed by atoms with Crippen LogP contribution < -0.4 is 0 Å². The first-order valence-electron chi connectivity index (χ1n) is 7.90. The number of nitrogens with zero attached hydrogens (tertiary/aromatic N) is 4. The molecule has 0 spiro atoms. The summed E-state index contributed by atoms with van der Waals surface area (Å²) in [6, 6.07) is 4.31. The number of rotatable bonds is 4. The molecule has 116 valence electrons. The predicted octanol–water partition coefficient (Wildman–Crippen LogP) is 2.38. The van der Waals surface area contributed by atoms with Crippen LogP contribution in [0.4, 0.5) is 0 Å². The van der Waals surface area contributed by atoms with Crippen LogP contribution in [0.15, 0.2) is 36.9 Å². The van der Waals surface area contributed by atoms with Crippen molar-refractivity contribution in [2.45, 2.75) is 38.6 Å². The summed E-state index contributed by atoms with van der Waals surface area (Å²) < 4.78 is 2.20. The van der Waals surface area contributed by atoms with Gasteiger partial charge >= 0.3 is 0 Å². The van der Waals surface area contributed by atoms with E-state index in [0.717, 1.165) is 38.2 Å². The van der Waals surface area contributed by atoms with E-state index in [2.05, 4.69) is 14.5 Å². The highest BCUT2D eigenvalue weighted by Crippen LogP contribution is 2.23. The van der Waals surface area contributed by atoms with E-state index < -0.39 is 0 Å². The van der Waals surface area contributed by atoms with Crippen LogP contribution in [0.2, 0.25) is 0 Å². The minimum absolute atomic E-state index is 0.249. The maximum absolute atomic E-state index is 12.5. The van der Waals surface area contributed by atoms with Gasteiger partial charge in [0.05, 0.1) is 6.04 Å². The number of hydrogen-bond acceptors (Lipinski definition) is 3. The van der Waals surface area contributed by atoms with E-state index in [9.17, 15) is 4.79 Å². The van der Waals surface area contributed by atoms with Crippen molar-refractivity contribution in [1.82, 2.24) is 19.4 Å². The third kappa shape index (κ3) is 3.35. The summed E-state index contributed by atoms with van der Waals surface area (Å²) in [4.78, 5) is 22.8. The molecular formula is C17H22N4O. The molecular weight excluding hydrogens is 276 g/mol. The quantitative estimate of drug-likeness (QED) is 0.871. The molecule has 1 atom stereocenters. The van der Waals surface area contributed by atoms with Crippen molar-refractivity contribution in [2.24, 2.45) is 0 Å². The van der Waals surface area contributed by atoms with Gasteiger partial charge in [0.1, 0.15) is 5.82 Å². The normalized spacial score (nSPS) is 18.4. The maximum Gasteiger partial charge on any atom is 0.222 e. The molecule has 3 heterocycles. The highest BCUT2D eigenvalue weighted by atomic mass is 16.2. The topological polar surface area (TPSA) is 51.0 Å². The van der Waals surface area contributed by atoms with Gasteiger partial charge in [-0.1, -0.05) is 0 Å². The van der Waals surface area contributed by atoms with Crippen LogP contribution >= 0.6 is 0 Å². The first-order valence-corrected chi connectivity index (χ1v) is 7.90. The van der Waals surface area contributed by atoms with E-state index in [0.29, 0.717) is 12.5 Å². The lowest BCUT2D eigenvalue weighted by Crippen LogP contribution is -2.40. The molecule has 2 aromatic rings. The number of amides is 1. The zero-order chi connectivity index (χ0) is 15.4. The van der Waals surface area contributed by atoms with Crippen LogP contribution in [0, 0.1) is 6.92 Å². The molecule has 3 rings (SSSR count). The standard InChI is InChI=1S/C17H22N4O/c1-14-19-10-12-21(14)16-3-2-11-20(13-16)17(22)5-4-15-6-8-18-9-7-15/h6-10,12,16H,2-5,11,13H2,1H3. The van der Waals surface area contributed by atoms with Crippen molar-refractivity contribution in [3.8, 4) is 0 Å². The first kappa shape index (κ1) is 14.8. The number of piperidine rings is 1. The zero-order valence-corrected chi connectivity index (χ0v) is 13.0. The molecule has 0 saturated carbocycles. The lowest BCUT2D eigenvalue weighted by Gasteiger charge is -2.34. The van der Waals surface area contributed by atoms with E-state index in [1.807, 2.05) is 36.4 Å². The van der Waals surface area contributed by atoms with Gasteiger partial charge in [-0.3, -0.25) is 9.78 Å². The Balaban J connectivity index is 1.57. The van der Waals surface area contributed by atoms with Crippen LogP contribution in [-0.2, 0) is 11.2 Å². The Labute approximate surface area is 131 Å². The number of carbonyl (C=O) groups excluding carboxylic acids is 1. The van der Waals surface area contributed by atoms with E-state index >= 15 is 0 Å². The molecule has 1 aliphatic heterocycles. The fraction of sp³-hybridized carbons (Fsp3) is 0.471. The van der Waals surface area contributed by atoms with Gasteiger partial charge in [0.15, 0.2) is 0 Å². The van der Waals surface area contributed by atoms with Crippen molar-refractivity contribution in [3.63, 3.8) is 0 Å². The summed E-state index contributed by atoms with van der Waals surface area (Å²) in [7, 11) is 0. The summed E-state index contributed by atoms with van der Waals surface area (Å²) in [5.74, 6) is 1.27. The molecule has 1 aliphatic rings. The van der Waals surface area contributed by atoms with Gasteiger partial charge in [0, 0.05) is 44.3 Å². The molecule has 0 N–H and O–H groups in total. The lowest BCUT2D eigenvalue weighted by atomic mass is 10.0. The molecule has 2 aromatic heterocycles. The molecule has 0 radical (unpaired) electrons. The van der Waals surface area contributed by atoms with Crippen molar-refractivity contribution >= 4 is 5.91 Å². The lowest BCUT2D eigenvalue weighted by molar-refractivity contribution is -0.132. The van der Waals surface area contributed by atoms with Gasteiger partial charge in [0.2, 0.25) is 5.91 Å². The number of carbonyl (C=O) groups is 1. The van der Waals surface area contributed by atoms with Crippen molar-refractivity contribution < 1.29 is 4.79 Å². The van der Waals surface area contributed by atoms with E-state index in [1.165, 1.54) is 5.56 Å². The fourth-order valence-electron chi connectivity index (χ4n) is 3.14. The van der Waals surface area contributed by atoms with Crippen LogP contribution in [-0.4, -0.2) is 38.4 Å². The van der Waals surface area contributed by atoms with Gasteiger partial charge < -0.3 is 9.47 Å². The van der Waals surface area contributed by atoms with E-state index in [4.69, 9.17) is 0 Å². The molecule has 0 bridgehead atoms. The average Bonchev–Trinajstić information content (AvgIpc) is 3.00. The van der Waals surface area contributed by atoms with Gasteiger partial charge in [0.25, 0.3) is 0 Å². The first-order chi connectivity index (χ1) is 10.7. The summed E-state index contributed by atoms with van der Waals surface area (Å²) in [6.45, 7) is 3.69. The summed E-state index contributed by atoms with van der Waals surface area (Å²) in [6.07, 6.45) is 10.9. The van der Waals surface area contributed by atoms with E-state index in [-0.39, 0.29) is 5.91 Å². The second-order valence-electron chi connectivity index (χ2n) is 5.87. The monoisotopic (exact) mass is 298 g/mol. The SMILES string of the molecule is Cc1nccn1C1CCCN(C(=O)CCc2ccncc2)C1. The number of pyridine rings is 1. The van der Waals surface area contributed by atoms with Gasteiger partial charge in [-0.05, 0) is 43.9 Å². The number of imidazole rings is 1. The zero-order valence-electron chi connectivity index (χ0n) is 13.0. The maximum atomic E-state index is 12.5. The predicted molar refractivity (Wildman–Crippen MR) is 84.4 cm³/mol.